The fraction of sp³-hybridized carbons (Fsp3) is 0.235. The van der Waals surface area contributed by atoms with Gasteiger partial charge in [-0.3, -0.25) is 0 Å². The highest BCUT2D eigenvalue weighted by Crippen LogP contribution is 2.10. The summed E-state index contributed by atoms with van der Waals surface area (Å²) in [6.45, 7) is 3.72. The van der Waals surface area contributed by atoms with Crippen LogP contribution in [0.1, 0.15) is 11.3 Å². The van der Waals surface area contributed by atoms with Gasteiger partial charge in [0, 0.05) is 17.8 Å². The van der Waals surface area contributed by atoms with E-state index in [0.29, 0.717) is 31.4 Å². The number of rotatable bonds is 7. The molecule has 0 saturated carbocycles. The molecule has 0 aliphatic rings. The van der Waals surface area contributed by atoms with E-state index in [-0.39, 0.29) is 0 Å². The third kappa shape index (κ3) is 4.53. The second kappa shape index (κ2) is 7.90. The molecule has 0 saturated heterocycles. The van der Waals surface area contributed by atoms with Gasteiger partial charge in [-0.05, 0) is 42.8 Å². The molecule has 0 spiro atoms. The van der Waals surface area contributed by atoms with Gasteiger partial charge in [0.1, 0.15) is 5.82 Å². The van der Waals surface area contributed by atoms with E-state index in [4.69, 9.17) is 16.3 Å². The minimum Gasteiger partial charge on any atom is -0.375 e. The van der Waals surface area contributed by atoms with E-state index >= 15 is 0 Å². The van der Waals surface area contributed by atoms with Gasteiger partial charge in [0.05, 0.1) is 18.9 Å². The number of ether oxygens (including phenoxy) is 1. The van der Waals surface area contributed by atoms with Gasteiger partial charge in [-0.1, -0.05) is 23.7 Å². The molecular weight excluding hydrogens is 326 g/mol. The van der Waals surface area contributed by atoms with Crippen LogP contribution in [0.2, 0.25) is 5.02 Å². The molecule has 0 aliphatic carbocycles. The molecule has 0 aliphatic heterocycles. The molecule has 2 aromatic heterocycles. The van der Waals surface area contributed by atoms with Gasteiger partial charge in [0.25, 0.3) is 0 Å². The fourth-order valence-corrected chi connectivity index (χ4v) is 2.23. The second-order valence-corrected chi connectivity index (χ2v) is 5.72. The molecule has 0 unspecified atom stereocenters. The summed E-state index contributed by atoms with van der Waals surface area (Å²) in [5, 5.41) is 16.5. The average Bonchev–Trinajstić information content (AvgIpc) is 3.03. The second-order valence-electron chi connectivity index (χ2n) is 5.28. The Labute approximate surface area is 145 Å². The Bertz CT molecular complexity index is 770. The fourth-order valence-electron chi connectivity index (χ4n) is 2.11. The Morgan fingerprint density at radius 1 is 1.08 bits per heavy atom. The number of halogens is 1. The maximum absolute atomic E-state index is 5.85. The van der Waals surface area contributed by atoms with E-state index in [9.17, 15) is 0 Å². The quantitative estimate of drug-likeness (QED) is 0.667. The lowest BCUT2D eigenvalue weighted by Crippen LogP contribution is -2.11. The van der Waals surface area contributed by atoms with Crippen molar-refractivity contribution in [2.75, 3.05) is 18.5 Å². The molecule has 24 heavy (non-hydrogen) atoms. The Hall–Kier alpha value is -2.44. The van der Waals surface area contributed by atoms with Crippen molar-refractivity contribution in [2.45, 2.75) is 13.5 Å². The minimum atomic E-state index is 0.558. The summed E-state index contributed by atoms with van der Waals surface area (Å²) in [7, 11) is 0. The van der Waals surface area contributed by atoms with Gasteiger partial charge < -0.3 is 10.1 Å². The van der Waals surface area contributed by atoms with Crippen LogP contribution in [-0.2, 0) is 11.3 Å². The van der Waals surface area contributed by atoms with Crippen molar-refractivity contribution in [2.24, 2.45) is 0 Å². The molecule has 0 atom stereocenters. The molecule has 0 fully saturated rings. The first-order chi connectivity index (χ1) is 11.7. The first kappa shape index (κ1) is 16.4. The summed E-state index contributed by atoms with van der Waals surface area (Å²) in [6, 6.07) is 13.3. The molecule has 0 radical (unpaired) electrons. The molecular formula is C17H18ClN5O. The third-order valence-corrected chi connectivity index (χ3v) is 3.59. The van der Waals surface area contributed by atoms with Crippen molar-refractivity contribution in [3.05, 3.63) is 64.9 Å². The number of aromatic nitrogens is 4. The van der Waals surface area contributed by atoms with Gasteiger partial charge in [0.15, 0.2) is 5.82 Å². The van der Waals surface area contributed by atoms with Crippen LogP contribution in [0.5, 0.6) is 0 Å². The highest BCUT2D eigenvalue weighted by Gasteiger charge is 2.01. The predicted octanol–water partition coefficient (Wildman–Crippen LogP) is 3.25. The maximum atomic E-state index is 5.85. The Morgan fingerprint density at radius 3 is 2.58 bits per heavy atom. The zero-order valence-electron chi connectivity index (χ0n) is 13.3. The van der Waals surface area contributed by atoms with Gasteiger partial charge >= 0.3 is 0 Å². The average molecular weight is 344 g/mol. The van der Waals surface area contributed by atoms with Crippen LogP contribution in [0.25, 0.3) is 5.82 Å². The van der Waals surface area contributed by atoms with E-state index in [1.54, 1.807) is 4.68 Å². The molecule has 3 rings (SSSR count). The first-order valence-corrected chi connectivity index (χ1v) is 8.01. The lowest BCUT2D eigenvalue weighted by Gasteiger charge is -2.07. The standard InChI is InChI=1S/C17H18ClN5O/c1-13-8-10-23(22-13)17-7-6-16(20-21-17)19-9-11-24-12-14-2-4-15(18)5-3-14/h2-8,10H,9,11-12H2,1H3,(H,19,20). The highest BCUT2D eigenvalue weighted by atomic mass is 35.5. The summed E-state index contributed by atoms with van der Waals surface area (Å²) in [6.07, 6.45) is 1.86. The number of hydrogen-bond donors (Lipinski definition) is 1. The predicted molar refractivity (Wildman–Crippen MR) is 93.5 cm³/mol. The Morgan fingerprint density at radius 2 is 1.92 bits per heavy atom. The lowest BCUT2D eigenvalue weighted by molar-refractivity contribution is 0.130. The van der Waals surface area contributed by atoms with Gasteiger partial charge in [-0.2, -0.15) is 5.10 Å². The summed E-state index contributed by atoms with van der Waals surface area (Å²) in [4.78, 5) is 0. The molecule has 1 aromatic carbocycles. The van der Waals surface area contributed by atoms with Crippen molar-refractivity contribution in [3.8, 4) is 5.82 Å². The number of hydrogen-bond acceptors (Lipinski definition) is 5. The van der Waals surface area contributed by atoms with Crippen LogP contribution >= 0.6 is 11.6 Å². The van der Waals surface area contributed by atoms with E-state index < -0.39 is 0 Å². The van der Waals surface area contributed by atoms with Crippen molar-refractivity contribution in [1.82, 2.24) is 20.0 Å². The van der Waals surface area contributed by atoms with Crippen LogP contribution in [-0.4, -0.2) is 33.1 Å². The third-order valence-electron chi connectivity index (χ3n) is 3.34. The lowest BCUT2D eigenvalue weighted by atomic mass is 10.2. The van der Waals surface area contributed by atoms with Crippen molar-refractivity contribution in [3.63, 3.8) is 0 Å². The number of nitrogens with zero attached hydrogens (tertiary/aromatic N) is 4. The number of anilines is 1. The van der Waals surface area contributed by atoms with E-state index in [1.165, 1.54) is 0 Å². The van der Waals surface area contributed by atoms with Crippen LogP contribution in [0.4, 0.5) is 5.82 Å². The highest BCUT2D eigenvalue weighted by molar-refractivity contribution is 6.30. The van der Waals surface area contributed by atoms with Gasteiger partial charge in [0.2, 0.25) is 0 Å². The maximum Gasteiger partial charge on any atom is 0.175 e. The summed E-state index contributed by atoms with van der Waals surface area (Å²) in [5.41, 5.74) is 2.04. The van der Waals surface area contributed by atoms with Crippen molar-refractivity contribution < 1.29 is 4.74 Å². The molecule has 0 bridgehead atoms. The minimum absolute atomic E-state index is 0.558. The molecule has 0 amide bonds. The van der Waals surface area contributed by atoms with Crippen LogP contribution in [0.3, 0.4) is 0 Å². The smallest absolute Gasteiger partial charge is 0.175 e. The number of aryl methyl sites for hydroxylation is 1. The molecule has 7 heteroatoms. The van der Waals surface area contributed by atoms with Crippen molar-refractivity contribution in [1.29, 1.82) is 0 Å². The van der Waals surface area contributed by atoms with E-state index in [2.05, 4.69) is 20.6 Å². The van der Waals surface area contributed by atoms with Gasteiger partial charge in [-0.25, -0.2) is 4.68 Å². The number of nitrogens with one attached hydrogen (secondary N) is 1. The van der Waals surface area contributed by atoms with Crippen LogP contribution in [0, 0.1) is 6.92 Å². The monoisotopic (exact) mass is 343 g/mol. The van der Waals surface area contributed by atoms with Crippen LogP contribution < -0.4 is 5.32 Å². The van der Waals surface area contributed by atoms with E-state index in [0.717, 1.165) is 16.3 Å². The van der Waals surface area contributed by atoms with E-state index in [1.807, 2.05) is 55.6 Å². The first-order valence-electron chi connectivity index (χ1n) is 7.63. The zero-order valence-corrected chi connectivity index (χ0v) is 14.1. The largest absolute Gasteiger partial charge is 0.375 e. The normalized spacial score (nSPS) is 10.8. The number of benzene rings is 1. The van der Waals surface area contributed by atoms with Gasteiger partial charge in [-0.15, -0.1) is 10.2 Å². The summed E-state index contributed by atoms with van der Waals surface area (Å²) >= 11 is 5.85. The summed E-state index contributed by atoms with van der Waals surface area (Å²) in [5.74, 6) is 1.39. The molecule has 2 heterocycles. The molecule has 6 nitrogen and oxygen atoms in total. The van der Waals surface area contributed by atoms with Crippen LogP contribution in [0.15, 0.2) is 48.7 Å². The zero-order chi connectivity index (χ0) is 16.8. The Balaban J connectivity index is 1.41. The molecule has 124 valence electrons. The molecule has 1 N–H and O–H groups in total. The Kier molecular flexibility index (Phi) is 5.40. The topological polar surface area (TPSA) is 64.9 Å². The summed E-state index contributed by atoms with van der Waals surface area (Å²) < 4.78 is 7.30. The molecule has 3 aromatic rings. The van der Waals surface area contributed by atoms with Crippen molar-refractivity contribution >= 4 is 17.4 Å². The SMILES string of the molecule is Cc1ccn(-c2ccc(NCCOCc3ccc(Cl)cc3)nn2)n1.